The molecule has 0 unspecified atom stereocenters. The van der Waals surface area contributed by atoms with Crippen LogP contribution >= 0.6 is 11.6 Å². The van der Waals surface area contributed by atoms with Gasteiger partial charge in [-0.1, -0.05) is 41.9 Å². The van der Waals surface area contributed by atoms with Crippen LogP contribution in [-0.2, 0) is 6.42 Å². The summed E-state index contributed by atoms with van der Waals surface area (Å²) in [5.74, 6) is -0.996. The Balaban J connectivity index is 1.98. The minimum Gasteiger partial charge on any atom is -0.478 e. The van der Waals surface area contributed by atoms with Crippen molar-refractivity contribution in [3.63, 3.8) is 0 Å². The number of carboxylic acids is 1. The standard InChI is InChI=1S/C17H17ClN2O2/c1-12(7-8-13-5-3-2-4-6-13)19-20-16-11-14(17(21)22)9-10-15(16)18/h2-6,9-11,20H,7-8H2,1H3,(H,21,22)/b19-12-. The number of hydrogen-bond acceptors (Lipinski definition) is 3. The van der Waals surface area contributed by atoms with Gasteiger partial charge >= 0.3 is 5.97 Å². The lowest BCUT2D eigenvalue weighted by molar-refractivity contribution is 0.0697. The number of halogens is 1. The van der Waals surface area contributed by atoms with Crippen LogP contribution in [0.3, 0.4) is 0 Å². The van der Waals surface area contributed by atoms with Gasteiger partial charge in [-0.2, -0.15) is 5.10 Å². The number of carbonyl (C=O) groups is 1. The molecule has 0 aromatic heterocycles. The predicted molar refractivity (Wildman–Crippen MR) is 89.9 cm³/mol. The van der Waals surface area contributed by atoms with Gasteiger partial charge in [-0.05, 0) is 43.5 Å². The molecular weight excluding hydrogens is 300 g/mol. The molecule has 0 fully saturated rings. The second kappa shape index (κ2) is 7.61. The summed E-state index contributed by atoms with van der Waals surface area (Å²) in [6, 6.07) is 14.6. The Kier molecular flexibility index (Phi) is 5.55. The van der Waals surface area contributed by atoms with Crippen LogP contribution in [-0.4, -0.2) is 16.8 Å². The fraction of sp³-hybridized carbons (Fsp3) is 0.176. The lowest BCUT2D eigenvalue weighted by Crippen LogP contribution is -2.02. The third-order valence-electron chi connectivity index (χ3n) is 3.20. The number of nitrogens with one attached hydrogen (secondary N) is 1. The van der Waals surface area contributed by atoms with Gasteiger partial charge in [-0.3, -0.25) is 5.43 Å². The molecule has 0 amide bonds. The SMILES string of the molecule is C/C(CCc1ccccc1)=N/Nc1cc(C(=O)O)ccc1Cl. The highest BCUT2D eigenvalue weighted by atomic mass is 35.5. The number of anilines is 1. The maximum Gasteiger partial charge on any atom is 0.335 e. The maximum atomic E-state index is 11.0. The largest absolute Gasteiger partial charge is 0.478 e. The smallest absolute Gasteiger partial charge is 0.335 e. The first-order valence-electron chi connectivity index (χ1n) is 6.92. The minimum atomic E-state index is -0.996. The molecule has 0 aliphatic rings. The van der Waals surface area contributed by atoms with Crippen molar-refractivity contribution in [1.82, 2.24) is 0 Å². The lowest BCUT2D eigenvalue weighted by atomic mass is 10.1. The zero-order valence-corrected chi connectivity index (χ0v) is 13.0. The van der Waals surface area contributed by atoms with E-state index < -0.39 is 5.97 Å². The molecule has 2 N–H and O–H groups in total. The first kappa shape index (κ1) is 16.0. The van der Waals surface area contributed by atoms with E-state index in [0.717, 1.165) is 18.6 Å². The molecule has 0 spiro atoms. The second-order valence-corrected chi connectivity index (χ2v) is 5.35. The molecule has 2 aromatic carbocycles. The third kappa shape index (κ3) is 4.60. The van der Waals surface area contributed by atoms with E-state index in [-0.39, 0.29) is 5.56 Å². The molecule has 0 aliphatic heterocycles. The Morgan fingerprint density at radius 2 is 1.95 bits per heavy atom. The molecule has 0 heterocycles. The summed E-state index contributed by atoms with van der Waals surface area (Å²) in [4.78, 5) is 11.0. The number of rotatable bonds is 6. The van der Waals surface area contributed by atoms with Crippen LogP contribution in [0.1, 0.15) is 29.3 Å². The summed E-state index contributed by atoms with van der Waals surface area (Å²) >= 11 is 6.03. The number of benzene rings is 2. The molecule has 2 rings (SSSR count). The van der Waals surface area contributed by atoms with Gasteiger partial charge in [0.05, 0.1) is 16.3 Å². The molecule has 0 saturated heterocycles. The van der Waals surface area contributed by atoms with Crippen molar-refractivity contribution in [2.75, 3.05) is 5.43 Å². The van der Waals surface area contributed by atoms with Gasteiger partial charge in [-0.25, -0.2) is 4.79 Å². The van der Waals surface area contributed by atoms with E-state index in [1.165, 1.54) is 17.7 Å². The van der Waals surface area contributed by atoms with Crippen molar-refractivity contribution in [1.29, 1.82) is 0 Å². The Bertz CT molecular complexity index is 684. The molecule has 22 heavy (non-hydrogen) atoms. The predicted octanol–water partition coefficient (Wildman–Crippen LogP) is 4.46. The first-order valence-corrected chi connectivity index (χ1v) is 7.30. The van der Waals surface area contributed by atoms with Gasteiger partial charge in [0.2, 0.25) is 0 Å². The molecule has 0 radical (unpaired) electrons. The first-order chi connectivity index (χ1) is 10.6. The van der Waals surface area contributed by atoms with Crippen molar-refractivity contribution in [2.45, 2.75) is 19.8 Å². The molecule has 114 valence electrons. The third-order valence-corrected chi connectivity index (χ3v) is 3.53. The molecular formula is C17H17ClN2O2. The number of aromatic carboxylic acids is 1. The number of aryl methyl sites for hydroxylation is 1. The highest BCUT2D eigenvalue weighted by molar-refractivity contribution is 6.33. The van der Waals surface area contributed by atoms with Crippen LogP contribution < -0.4 is 5.43 Å². The van der Waals surface area contributed by atoms with E-state index in [1.54, 1.807) is 6.07 Å². The quantitative estimate of drug-likeness (QED) is 0.611. The van der Waals surface area contributed by atoms with Crippen molar-refractivity contribution >= 4 is 29.0 Å². The van der Waals surface area contributed by atoms with E-state index in [0.29, 0.717) is 10.7 Å². The van der Waals surface area contributed by atoms with E-state index in [4.69, 9.17) is 16.7 Å². The summed E-state index contributed by atoms with van der Waals surface area (Å²) in [5.41, 5.74) is 5.66. The monoisotopic (exact) mass is 316 g/mol. The topological polar surface area (TPSA) is 61.7 Å². The maximum absolute atomic E-state index is 11.0. The van der Waals surface area contributed by atoms with Crippen LogP contribution in [0.4, 0.5) is 5.69 Å². The molecule has 0 atom stereocenters. The highest BCUT2D eigenvalue weighted by Gasteiger charge is 2.06. The zero-order valence-electron chi connectivity index (χ0n) is 12.2. The van der Waals surface area contributed by atoms with Gasteiger partial charge in [0, 0.05) is 5.71 Å². The molecule has 0 aliphatic carbocycles. The Hall–Kier alpha value is -2.33. The molecule has 0 bridgehead atoms. The van der Waals surface area contributed by atoms with Gasteiger partial charge in [0.15, 0.2) is 0 Å². The van der Waals surface area contributed by atoms with Crippen LogP contribution in [0.15, 0.2) is 53.6 Å². The van der Waals surface area contributed by atoms with Crippen LogP contribution in [0.2, 0.25) is 5.02 Å². The average molecular weight is 317 g/mol. The Labute approximate surface area is 134 Å². The zero-order chi connectivity index (χ0) is 15.9. The van der Waals surface area contributed by atoms with Crippen molar-refractivity contribution in [2.24, 2.45) is 5.10 Å². The average Bonchev–Trinajstić information content (AvgIpc) is 2.53. The Morgan fingerprint density at radius 1 is 1.23 bits per heavy atom. The van der Waals surface area contributed by atoms with Crippen molar-refractivity contribution in [3.05, 3.63) is 64.7 Å². The summed E-state index contributed by atoms with van der Waals surface area (Å²) in [6.45, 7) is 1.92. The molecule has 4 nitrogen and oxygen atoms in total. The Morgan fingerprint density at radius 3 is 2.64 bits per heavy atom. The summed E-state index contributed by atoms with van der Waals surface area (Å²) in [6.07, 6.45) is 1.72. The lowest BCUT2D eigenvalue weighted by Gasteiger charge is -2.07. The van der Waals surface area contributed by atoms with E-state index in [2.05, 4.69) is 22.7 Å². The fourth-order valence-electron chi connectivity index (χ4n) is 1.93. The normalized spacial score (nSPS) is 11.3. The summed E-state index contributed by atoms with van der Waals surface area (Å²) in [7, 11) is 0. The summed E-state index contributed by atoms with van der Waals surface area (Å²) < 4.78 is 0. The van der Waals surface area contributed by atoms with E-state index in [1.807, 2.05) is 25.1 Å². The van der Waals surface area contributed by atoms with Gasteiger partial charge in [-0.15, -0.1) is 0 Å². The highest BCUT2D eigenvalue weighted by Crippen LogP contribution is 2.23. The minimum absolute atomic E-state index is 0.170. The van der Waals surface area contributed by atoms with Gasteiger partial charge < -0.3 is 5.11 Å². The van der Waals surface area contributed by atoms with Crippen molar-refractivity contribution in [3.8, 4) is 0 Å². The van der Waals surface area contributed by atoms with Crippen molar-refractivity contribution < 1.29 is 9.90 Å². The van der Waals surface area contributed by atoms with E-state index >= 15 is 0 Å². The van der Waals surface area contributed by atoms with Crippen LogP contribution in [0, 0.1) is 0 Å². The molecule has 2 aromatic rings. The number of nitrogens with zero attached hydrogens (tertiary/aromatic N) is 1. The van der Waals surface area contributed by atoms with Gasteiger partial charge in [0.1, 0.15) is 0 Å². The van der Waals surface area contributed by atoms with Gasteiger partial charge in [0.25, 0.3) is 0 Å². The van der Waals surface area contributed by atoms with E-state index in [9.17, 15) is 4.79 Å². The second-order valence-electron chi connectivity index (χ2n) is 4.94. The van der Waals surface area contributed by atoms with Crippen LogP contribution in [0.25, 0.3) is 0 Å². The number of hydrogen-bond donors (Lipinski definition) is 2. The molecule has 5 heteroatoms. The summed E-state index contributed by atoms with van der Waals surface area (Å²) in [5, 5.41) is 13.7. The fourth-order valence-corrected chi connectivity index (χ4v) is 2.09. The molecule has 0 saturated carbocycles. The van der Waals surface area contributed by atoms with Crippen LogP contribution in [0.5, 0.6) is 0 Å². The number of hydrazone groups is 1. The number of carboxylic acid groups (broad SMARTS) is 1.